The Morgan fingerprint density at radius 3 is 2.70 bits per heavy atom. The van der Waals surface area contributed by atoms with Crippen LogP contribution in [0.4, 0.5) is 11.5 Å². The number of nitriles is 1. The van der Waals surface area contributed by atoms with E-state index in [-0.39, 0.29) is 0 Å². The fourth-order valence-corrected chi connectivity index (χ4v) is 3.41. The molecule has 1 aliphatic rings. The lowest BCUT2D eigenvalue weighted by molar-refractivity contribution is 0.252. The van der Waals surface area contributed by atoms with E-state index in [1.807, 2.05) is 0 Å². The van der Waals surface area contributed by atoms with Crippen molar-refractivity contribution >= 4 is 11.5 Å². The zero-order chi connectivity index (χ0) is 14.6. The fraction of sp³-hybridized carbons (Fsp3) is 0.625. The van der Waals surface area contributed by atoms with Crippen molar-refractivity contribution in [3.63, 3.8) is 0 Å². The first-order chi connectivity index (χ1) is 9.54. The number of nitrogens with two attached hydrogens (primary N) is 1. The van der Waals surface area contributed by atoms with Crippen LogP contribution in [-0.4, -0.2) is 11.5 Å². The lowest BCUT2D eigenvalue weighted by Crippen LogP contribution is -2.29. The molecule has 4 heteroatoms. The molecule has 1 fully saturated rings. The lowest BCUT2D eigenvalue weighted by Gasteiger charge is -2.31. The van der Waals surface area contributed by atoms with Gasteiger partial charge in [-0.15, -0.1) is 0 Å². The number of pyridine rings is 1. The van der Waals surface area contributed by atoms with Crippen molar-refractivity contribution < 1.29 is 0 Å². The van der Waals surface area contributed by atoms with Crippen LogP contribution in [0.5, 0.6) is 0 Å². The van der Waals surface area contributed by atoms with Gasteiger partial charge in [0.05, 0.1) is 11.3 Å². The summed E-state index contributed by atoms with van der Waals surface area (Å²) >= 11 is 0. The summed E-state index contributed by atoms with van der Waals surface area (Å²) in [7, 11) is 0. The standard InChI is InChI=1S/C16H24N4/c1-12(2)8-16(5-3-4-6-16)11-20-15-14(18)7-13(9-17)10-19-15/h7,10,12H,3-6,8,11,18H2,1-2H3,(H,19,20). The summed E-state index contributed by atoms with van der Waals surface area (Å²) < 4.78 is 0. The molecule has 0 aromatic carbocycles. The number of anilines is 2. The first-order valence-corrected chi connectivity index (χ1v) is 7.44. The third-order valence-electron chi connectivity index (χ3n) is 4.18. The Bertz CT molecular complexity index is 496. The van der Waals surface area contributed by atoms with Crippen LogP contribution in [0.3, 0.4) is 0 Å². The summed E-state index contributed by atoms with van der Waals surface area (Å²) in [6.45, 7) is 5.50. The van der Waals surface area contributed by atoms with Crippen LogP contribution in [0.15, 0.2) is 12.3 Å². The summed E-state index contributed by atoms with van der Waals surface area (Å²) in [6.07, 6.45) is 8.04. The van der Waals surface area contributed by atoms with E-state index in [0.717, 1.165) is 6.54 Å². The topological polar surface area (TPSA) is 74.7 Å². The Labute approximate surface area is 121 Å². The highest BCUT2D eigenvalue weighted by atomic mass is 15.0. The largest absolute Gasteiger partial charge is 0.396 e. The van der Waals surface area contributed by atoms with Crippen molar-refractivity contribution in [3.8, 4) is 6.07 Å². The number of hydrogen-bond donors (Lipinski definition) is 2. The molecule has 0 aliphatic heterocycles. The van der Waals surface area contributed by atoms with Gasteiger partial charge in [0.15, 0.2) is 0 Å². The third-order valence-corrected chi connectivity index (χ3v) is 4.18. The van der Waals surface area contributed by atoms with Gasteiger partial charge in [0.1, 0.15) is 11.9 Å². The summed E-state index contributed by atoms with van der Waals surface area (Å²) in [5.74, 6) is 1.42. The minimum absolute atomic E-state index is 0.385. The fourth-order valence-electron chi connectivity index (χ4n) is 3.41. The molecule has 3 N–H and O–H groups in total. The number of rotatable bonds is 5. The number of nitrogens with zero attached hydrogens (tertiary/aromatic N) is 2. The number of hydrogen-bond acceptors (Lipinski definition) is 4. The maximum absolute atomic E-state index is 8.83. The van der Waals surface area contributed by atoms with Crippen molar-refractivity contribution in [2.24, 2.45) is 11.3 Å². The Balaban J connectivity index is 2.04. The zero-order valence-electron chi connectivity index (χ0n) is 12.4. The molecule has 0 atom stereocenters. The van der Waals surface area contributed by atoms with Crippen LogP contribution in [0.2, 0.25) is 0 Å². The second kappa shape index (κ2) is 6.13. The molecule has 0 bridgehead atoms. The average molecular weight is 272 g/mol. The first kappa shape index (κ1) is 14.6. The first-order valence-electron chi connectivity index (χ1n) is 7.44. The van der Waals surface area contributed by atoms with Crippen molar-refractivity contribution in [2.45, 2.75) is 46.0 Å². The van der Waals surface area contributed by atoms with Crippen LogP contribution in [0.25, 0.3) is 0 Å². The number of aromatic nitrogens is 1. The number of nitrogen functional groups attached to an aromatic ring is 1. The van der Waals surface area contributed by atoms with Gasteiger partial charge in [0.2, 0.25) is 0 Å². The van der Waals surface area contributed by atoms with E-state index < -0.39 is 0 Å². The highest BCUT2D eigenvalue weighted by molar-refractivity contribution is 5.63. The molecule has 0 amide bonds. The molecule has 1 heterocycles. The summed E-state index contributed by atoms with van der Waals surface area (Å²) in [6, 6.07) is 3.74. The van der Waals surface area contributed by atoms with Crippen molar-refractivity contribution in [2.75, 3.05) is 17.6 Å². The second-order valence-electron chi connectivity index (χ2n) is 6.43. The molecule has 0 saturated heterocycles. The molecule has 1 aliphatic carbocycles. The second-order valence-corrected chi connectivity index (χ2v) is 6.43. The SMILES string of the molecule is CC(C)CC1(CNc2ncc(C#N)cc2N)CCCC1. The average Bonchev–Trinajstić information content (AvgIpc) is 2.85. The monoisotopic (exact) mass is 272 g/mol. The molecular weight excluding hydrogens is 248 g/mol. The molecular formula is C16H24N4. The predicted octanol–water partition coefficient (Wildman–Crippen LogP) is 3.55. The van der Waals surface area contributed by atoms with Crippen molar-refractivity contribution in [1.29, 1.82) is 5.26 Å². The minimum Gasteiger partial charge on any atom is -0.396 e. The van der Waals surface area contributed by atoms with Gasteiger partial charge < -0.3 is 11.1 Å². The number of nitrogens with one attached hydrogen (secondary N) is 1. The maximum atomic E-state index is 8.83. The van der Waals surface area contributed by atoms with Crippen LogP contribution in [0, 0.1) is 22.7 Å². The maximum Gasteiger partial charge on any atom is 0.149 e. The van der Waals surface area contributed by atoms with Crippen molar-refractivity contribution in [1.82, 2.24) is 4.98 Å². The van der Waals surface area contributed by atoms with E-state index in [4.69, 9.17) is 11.0 Å². The van der Waals surface area contributed by atoms with Gasteiger partial charge in [0.25, 0.3) is 0 Å². The highest BCUT2D eigenvalue weighted by Gasteiger charge is 2.34. The van der Waals surface area contributed by atoms with Gasteiger partial charge in [-0.1, -0.05) is 26.7 Å². The Hall–Kier alpha value is -1.76. The molecule has 1 aromatic rings. The quantitative estimate of drug-likeness (QED) is 0.859. The molecule has 1 saturated carbocycles. The zero-order valence-corrected chi connectivity index (χ0v) is 12.4. The highest BCUT2D eigenvalue weighted by Crippen LogP contribution is 2.43. The van der Waals surface area contributed by atoms with Gasteiger partial charge in [-0.3, -0.25) is 0 Å². The van der Waals surface area contributed by atoms with Crippen LogP contribution >= 0.6 is 0 Å². The van der Waals surface area contributed by atoms with Gasteiger partial charge in [0, 0.05) is 12.7 Å². The third kappa shape index (κ3) is 3.41. The predicted molar refractivity (Wildman–Crippen MR) is 82.2 cm³/mol. The smallest absolute Gasteiger partial charge is 0.149 e. The van der Waals surface area contributed by atoms with E-state index in [1.165, 1.54) is 32.1 Å². The molecule has 0 unspecified atom stereocenters. The molecule has 0 radical (unpaired) electrons. The van der Waals surface area contributed by atoms with E-state index in [9.17, 15) is 0 Å². The van der Waals surface area contributed by atoms with E-state index in [1.54, 1.807) is 12.3 Å². The van der Waals surface area contributed by atoms with Gasteiger partial charge in [-0.2, -0.15) is 5.26 Å². The van der Waals surface area contributed by atoms with Gasteiger partial charge >= 0.3 is 0 Å². The molecule has 1 aromatic heterocycles. The van der Waals surface area contributed by atoms with Crippen LogP contribution in [-0.2, 0) is 0 Å². The van der Waals surface area contributed by atoms with E-state index >= 15 is 0 Å². The van der Waals surface area contributed by atoms with E-state index in [0.29, 0.717) is 28.4 Å². The Kier molecular flexibility index (Phi) is 4.49. The summed E-state index contributed by atoms with van der Waals surface area (Å²) in [5.41, 5.74) is 7.40. The molecule has 0 spiro atoms. The van der Waals surface area contributed by atoms with Gasteiger partial charge in [-0.25, -0.2) is 4.98 Å². The van der Waals surface area contributed by atoms with Crippen molar-refractivity contribution in [3.05, 3.63) is 17.8 Å². The van der Waals surface area contributed by atoms with E-state index in [2.05, 4.69) is 30.2 Å². The Morgan fingerprint density at radius 2 is 2.15 bits per heavy atom. The molecule has 108 valence electrons. The van der Waals surface area contributed by atoms with Crippen LogP contribution < -0.4 is 11.1 Å². The Morgan fingerprint density at radius 1 is 1.45 bits per heavy atom. The normalized spacial score (nSPS) is 17.1. The van der Waals surface area contributed by atoms with Crippen LogP contribution in [0.1, 0.15) is 51.5 Å². The summed E-state index contributed by atoms with van der Waals surface area (Å²) in [4.78, 5) is 4.26. The molecule has 4 nitrogen and oxygen atoms in total. The van der Waals surface area contributed by atoms with Gasteiger partial charge in [-0.05, 0) is 36.7 Å². The molecule has 20 heavy (non-hydrogen) atoms. The summed E-state index contributed by atoms with van der Waals surface area (Å²) in [5, 5.41) is 12.2. The lowest BCUT2D eigenvalue weighted by atomic mass is 9.78. The molecule has 2 rings (SSSR count). The minimum atomic E-state index is 0.385.